The molecule has 1 aliphatic rings. The minimum Gasteiger partial charge on any atom is -0.342 e. The number of hydrogen-bond donors (Lipinski definition) is 1. The molecule has 2 aromatic carbocycles. The van der Waals surface area contributed by atoms with Gasteiger partial charge in [0.1, 0.15) is 0 Å². The summed E-state index contributed by atoms with van der Waals surface area (Å²) in [5.41, 5.74) is 2.80. The summed E-state index contributed by atoms with van der Waals surface area (Å²) in [6.07, 6.45) is 0.813. The van der Waals surface area contributed by atoms with Crippen LogP contribution in [0.2, 0.25) is 0 Å². The first-order valence-electron chi connectivity index (χ1n) is 9.79. The Bertz CT molecular complexity index is 892. The highest BCUT2D eigenvalue weighted by Gasteiger charge is 2.22. The highest BCUT2D eigenvalue weighted by Crippen LogP contribution is 2.29. The number of benzene rings is 2. The number of amides is 3. The van der Waals surface area contributed by atoms with Crippen molar-refractivity contribution in [2.45, 2.75) is 26.2 Å². The number of rotatable bonds is 4. The van der Waals surface area contributed by atoms with E-state index < -0.39 is 0 Å². The number of carbonyl (C=O) groups excluding carboxylic acids is 3. The van der Waals surface area contributed by atoms with E-state index in [9.17, 15) is 14.4 Å². The van der Waals surface area contributed by atoms with Gasteiger partial charge in [0.05, 0.1) is 0 Å². The molecule has 0 radical (unpaired) electrons. The summed E-state index contributed by atoms with van der Waals surface area (Å²) in [7, 11) is 0. The van der Waals surface area contributed by atoms with Crippen LogP contribution in [-0.2, 0) is 10.2 Å². The molecule has 1 fully saturated rings. The molecule has 29 heavy (non-hydrogen) atoms. The largest absolute Gasteiger partial charge is 0.342 e. The van der Waals surface area contributed by atoms with Crippen LogP contribution in [0.4, 0.5) is 5.69 Å². The Hall–Kier alpha value is -3.15. The Morgan fingerprint density at radius 2 is 1.48 bits per heavy atom. The molecule has 0 spiro atoms. The Morgan fingerprint density at radius 3 is 2.07 bits per heavy atom. The summed E-state index contributed by atoms with van der Waals surface area (Å²) in [6.45, 7) is 8.44. The smallest absolute Gasteiger partial charge is 0.255 e. The number of nitrogens with one attached hydrogen (secondary N) is 1. The normalized spacial score (nSPS) is 14.4. The Labute approximate surface area is 171 Å². The molecule has 0 aromatic heterocycles. The third-order valence-electron chi connectivity index (χ3n) is 5.13. The van der Waals surface area contributed by atoms with Gasteiger partial charge in [0.2, 0.25) is 6.41 Å². The average Bonchev–Trinajstić information content (AvgIpc) is 2.73. The Morgan fingerprint density at radius 1 is 0.897 bits per heavy atom. The molecule has 3 amide bonds. The first kappa shape index (κ1) is 20.6. The average molecular weight is 393 g/mol. The number of piperazine rings is 1. The number of para-hydroxylation sites is 1. The second-order valence-corrected chi connectivity index (χ2v) is 8.26. The van der Waals surface area contributed by atoms with Gasteiger partial charge in [-0.05, 0) is 41.3 Å². The zero-order chi connectivity index (χ0) is 21.0. The van der Waals surface area contributed by atoms with Gasteiger partial charge in [-0.1, -0.05) is 39.0 Å². The molecular weight excluding hydrogens is 366 g/mol. The van der Waals surface area contributed by atoms with Crippen molar-refractivity contribution in [3.05, 3.63) is 65.2 Å². The minimum absolute atomic E-state index is 0.0828. The summed E-state index contributed by atoms with van der Waals surface area (Å²) in [5.74, 6) is -0.291. The number of hydrogen-bond acceptors (Lipinski definition) is 3. The standard InChI is InChI=1S/C23H27N3O3/c1-23(2,3)19-6-4-5-7-20(19)24-21(28)17-8-10-18(11-9-17)22(29)26-14-12-25(16-27)13-15-26/h4-11,16H,12-15H2,1-3H3,(H,24,28). The van der Waals surface area contributed by atoms with Crippen LogP contribution in [-0.4, -0.2) is 54.2 Å². The lowest BCUT2D eigenvalue weighted by Crippen LogP contribution is -2.48. The van der Waals surface area contributed by atoms with Crippen LogP contribution >= 0.6 is 0 Å². The fraction of sp³-hybridized carbons (Fsp3) is 0.348. The second kappa shape index (κ2) is 8.47. The van der Waals surface area contributed by atoms with E-state index in [4.69, 9.17) is 0 Å². The molecule has 6 heteroatoms. The fourth-order valence-electron chi connectivity index (χ4n) is 3.42. The second-order valence-electron chi connectivity index (χ2n) is 8.26. The van der Waals surface area contributed by atoms with Crippen molar-refractivity contribution in [2.75, 3.05) is 31.5 Å². The molecular formula is C23H27N3O3. The minimum atomic E-state index is -0.208. The Kier molecular flexibility index (Phi) is 6.01. The quantitative estimate of drug-likeness (QED) is 0.812. The predicted octanol–water partition coefficient (Wildman–Crippen LogP) is 3.15. The van der Waals surface area contributed by atoms with Crippen LogP contribution in [0.3, 0.4) is 0 Å². The monoisotopic (exact) mass is 393 g/mol. The maximum absolute atomic E-state index is 12.7. The molecule has 6 nitrogen and oxygen atoms in total. The third kappa shape index (κ3) is 4.83. The van der Waals surface area contributed by atoms with Crippen LogP contribution in [0.15, 0.2) is 48.5 Å². The first-order valence-corrected chi connectivity index (χ1v) is 9.79. The van der Waals surface area contributed by atoms with Crippen molar-refractivity contribution in [2.24, 2.45) is 0 Å². The van der Waals surface area contributed by atoms with E-state index in [1.807, 2.05) is 24.3 Å². The number of nitrogens with zero attached hydrogens (tertiary/aromatic N) is 2. The molecule has 0 saturated carbocycles. The van der Waals surface area contributed by atoms with Crippen LogP contribution in [0.1, 0.15) is 47.1 Å². The summed E-state index contributed by atoms with van der Waals surface area (Å²) in [6, 6.07) is 14.5. The van der Waals surface area contributed by atoms with E-state index in [1.165, 1.54) is 0 Å². The molecule has 0 aliphatic carbocycles. The molecule has 0 atom stereocenters. The maximum Gasteiger partial charge on any atom is 0.255 e. The fourth-order valence-corrected chi connectivity index (χ4v) is 3.42. The lowest BCUT2D eigenvalue weighted by atomic mass is 9.86. The van der Waals surface area contributed by atoms with E-state index in [0.717, 1.165) is 17.7 Å². The lowest BCUT2D eigenvalue weighted by molar-refractivity contribution is -0.119. The summed E-state index contributed by atoms with van der Waals surface area (Å²) in [4.78, 5) is 39.5. The van der Waals surface area contributed by atoms with E-state index in [2.05, 4.69) is 26.1 Å². The van der Waals surface area contributed by atoms with Crippen LogP contribution < -0.4 is 5.32 Å². The summed E-state index contributed by atoms with van der Waals surface area (Å²) in [5, 5.41) is 2.98. The first-order chi connectivity index (χ1) is 13.8. The van der Waals surface area contributed by atoms with Gasteiger partial charge in [-0.15, -0.1) is 0 Å². The van der Waals surface area contributed by atoms with Crippen molar-refractivity contribution < 1.29 is 14.4 Å². The molecule has 0 unspecified atom stereocenters. The van der Waals surface area contributed by atoms with Gasteiger partial charge in [0, 0.05) is 43.0 Å². The lowest BCUT2D eigenvalue weighted by Gasteiger charge is -2.32. The molecule has 2 aromatic rings. The topological polar surface area (TPSA) is 69.7 Å². The molecule has 152 valence electrons. The van der Waals surface area contributed by atoms with Gasteiger partial charge in [-0.2, -0.15) is 0 Å². The third-order valence-corrected chi connectivity index (χ3v) is 5.13. The van der Waals surface area contributed by atoms with Crippen molar-refractivity contribution in [1.29, 1.82) is 0 Å². The van der Waals surface area contributed by atoms with E-state index in [0.29, 0.717) is 37.3 Å². The van der Waals surface area contributed by atoms with E-state index in [-0.39, 0.29) is 17.2 Å². The van der Waals surface area contributed by atoms with Crippen molar-refractivity contribution in [1.82, 2.24) is 9.80 Å². The van der Waals surface area contributed by atoms with E-state index >= 15 is 0 Å². The maximum atomic E-state index is 12.7. The van der Waals surface area contributed by atoms with Crippen LogP contribution in [0, 0.1) is 0 Å². The summed E-state index contributed by atoms with van der Waals surface area (Å²) < 4.78 is 0. The van der Waals surface area contributed by atoms with Crippen LogP contribution in [0.5, 0.6) is 0 Å². The number of anilines is 1. The molecule has 1 heterocycles. The van der Waals surface area contributed by atoms with Gasteiger partial charge in [-0.25, -0.2) is 0 Å². The van der Waals surface area contributed by atoms with Gasteiger partial charge < -0.3 is 15.1 Å². The van der Waals surface area contributed by atoms with Crippen molar-refractivity contribution in [3.63, 3.8) is 0 Å². The SMILES string of the molecule is CC(C)(C)c1ccccc1NC(=O)c1ccc(C(=O)N2CCN(C=O)CC2)cc1. The highest BCUT2D eigenvalue weighted by molar-refractivity contribution is 6.05. The molecule has 1 aliphatic heterocycles. The van der Waals surface area contributed by atoms with E-state index in [1.54, 1.807) is 34.1 Å². The number of carbonyl (C=O) groups is 3. The Balaban J connectivity index is 1.68. The van der Waals surface area contributed by atoms with Crippen molar-refractivity contribution in [3.8, 4) is 0 Å². The van der Waals surface area contributed by atoms with Crippen LogP contribution in [0.25, 0.3) is 0 Å². The summed E-state index contributed by atoms with van der Waals surface area (Å²) >= 11 is 0. The molecule has 1 saturated heterocycles. The zero-order valence-corrected chi connectivity index (χ0v) is 17.1. The molecule has 1 N–H and O–H groups in total. The highest BCUT2D eigenvalue weighted by atomic mass is 16.2. The van der Waals surface area contributed by atoms with Gasteiger partial charge in [0.15, 0.2) is 0 Å². The van der Waals surface area contributed by atoms with Gasteiger partial charge in [-0.3, -0.25) is 14.4 Å². The predicted molar refractivity (Wildman–Crippen MR) is 113 cm³/mol. The van der Waals surface area contributed by atoms with Gasteiger partial charge >= 0.3 is 0 Å². The molecule has 0 bridgehead atoms. The van der Waals surface area contributed by atoms with Gasteiger partial charge in [0.25, 0.3) is 11.8 Å². The van der Waals surface area contributed by atoms with Crippen molar-refractivity contribution >= 4 is 23.9 Å². The molecule has 3 rings (SSSR count). The zero-order valence-electron chi connectivity index (χ0n) is 17.1.